The van der Waals surface area contributed by atoms with Crippen LogP contribution in [0.5, 0.6) is 0 Å². The first-order valence-corrected chi connectivity index (χ1v) is 7.09. The van der Waals surface area contributed by atoms with E-state index in [1.807, 2.05) is 18.7 Å². The Bertz CT molecular complexity index is 488. The van der Waals surface area contributed by atoms with E-state index in [1.165, 1.54) is 0 Å². The first kappa shape index (κ1) is 14.7. The average Bonchev–Trinajstić information content (AvgIpc) is 2.63. The predicted octanol–water partition coefficient (Wildman–Crippen LogP) is 0.960. The number of nitrogens with zero attached hydrogens (tertiary/aromatic N) is 4. The number of anilines is 1. The Kier molecular flexibility index (Phi) is 4.54. The zero-order valence-electron chi connectivity index (χ0n) is 12.5. The second-order valence-corrected chi connectivity index (χ2v) is 5.64. The monoisotopic (exact) mass is 277 g/mol. The van der Waals surface area contributed by atoms with Crippen LogP contribution in [0.15, 0.2) is 6.20 Å². The fraction of sp³-hybridized carbons (Fsp3) is 0.643. The highest BCUT2D eigenvalue weighted by Gasteiger charge is 2.23. The summed E-state index contributed by atoms with van der Waals surface area (Å²) in [4.78, 5) is 25.2. The summed E-state index contributed by atoms with van der Waals surface area (Å²) in [6, 6.07) is 0. The van der Waals surface area contributed by atoms with E-state index in [1.54, 1.807) is 6.20 Å². The number of hydrogen-bond donors (Lipinski definition) is 1. The first-order chi connectivity index (χ1) is 9.49. The van der Waals surface area contributed by atoms with Crippen LogP contribution >= 0.6 is 0 Å². The highest BCUT2D eigenvalue weighted by molar-refractivity contribution is 5.97. The minimum Gasteiger partial charge on any atom is -0.396 e. The van der Waals surface area contributed by atoms with Crippen molar-refractivity contribution in [1.29, 1.82) is 0 Å². The maximum Gasteiger partial charge on any atom is 0.274 e. The van der Waals surface area contributed by atoms with Crippen molar-refractivity contribution in [2.75, 3.05) is 39.0 Å². The summed E-state index contributed by atoms with van der Waals surface area (Å²) in [5.74, 6) is 0.758. The lowest BCUT2D eigenvalue weighted by atomic mass is 10.2. The van der Waals surface area contributed by atoms with Crippen LogP contribution < -0.4 is 5.73 Å². The van der Waals surface area contributed by atoms with Crippen LogP contribution in [0.2, 0.25) is 0 Å². The van der Waals surface area contributed by atoms with Gasteiger partial charge in [-0.2, -0.15) is 0 Å². The van der Waals surface area contributed by atoms with Crippen LogP contribution in [0.3, 0.4) is 0 Å². The van der Waals surface area contributed by atoms with E-state index in [2.05, 4.69) is 21.9 Å². The molecular weight excluding hydrogens is 254 g/mol. The Labute approximate surface area is 120 Å². The minimum absolute atomic E-state index is 0.0814. The molecule has 1 aliphatic rings. The number of nitrogen functional groups attached to an aromatic ring is 1. The standard InChI is InChI=1S/C14H23N5O/c1-10(2)13-16-9-11(15)12(17-13)14(20)19-6-4-5-18(3)7-8-19/h9-10H,4-8,15H2,1-3H3. The van der Waals surface area contributed by atoms with Crippen LogP contribution in [-0.2, 0) is 0 Å². The van der Waals surface area contributed by atoms with Gasteiger partial charge in [0.2, 0.25) is 0 Å². The van der Waals surface area contributed by atoms with E-state index >= 15 is 0 Å². The van der Waals surface area contributed by atoms with Gasteiger partial charge in [-0.05, 0) is 20.0 Å². The minimum atomic E-state index is -0.0814. The van der Waals surface area contributed by atoms with Crippen molar-refractivity contribution in [3.05, 3.63) is 17.7 Å². The third-order valence-electron chi connectivity index (χ3n) is 3.56. The molecule has 20 heavy (non-hydrogen) atoms. The lowest BCUT2D eigenvalue weighted by Gasteiger charge is -2.21. The van der Waals surface area contributed by atoms with Crippen molar-refractivity contribution in [2.24, 2.45) is 0 Å². The molecule has 0 spiro atoms. The first-order valence-electron chi connectivity index (χ1n) is 7.09. The summed E-state index contributed by atoms with van der Waals surface area (Å²) in [7, 11) is 2.07. The van der Waals surface area contributed by atoms with Gasteiger partial charge in [0.15, 0.2) is 5.69 Å². The van der Waals surface area contributed by atoms with Crippen molar-refractivity contribution in [1.82, 2.24) is 19.8 Å². The van der Waals surface area contributed by atoms with Gasteiger partial charge in [0.05, 0.1) is 11.9 Å². The Hall–Kier alpha value is -1.69. The molecular formula is C14H23N5O. The van der Waals surface area contributed by atoms with Crippen molar-refractivity contribution in [2.45, 2.75) is 26.2 Å². The Balaban J connectivity index is 2.21. The maximum atomic E-state index is 12.6. The molecule has 2 heterocycles. The van der Waals surface area contributed by atoms with Crippen molar-refractivity contribution in [3.63, 3.8) is 0 Å². The zero-order valence-corrected chi connectivity index (χ0v) is 12.5. The van der Waals surface area contributed by atoms with Crippen LogP contribution in [0.1, 0.15) is 42.5 Å². The predicted molar refractivity (Wildman–Crippen MR) is 78.6 cm³/mol. The number of hydrogen-bond acceptors (Lipinski definition) is 5. The fourth-order valence-corrected chi connectivity index (χ4v) is 2.25. The Morgan fingerprint density at radius 2 is 2.05 bits per heavy atom. The van der Waals surface area contributed by atoms with E-state index in [-0.39, 0.29) is 11.8 Å². The van der Waals surface area contributed by atoms with Crippen molar-refractivity contribution < 1.29 is 4.79 Å². The van der Waals surface area contributed by atoms with Gasteiger partial charge in [-0.1, -0.05) is 13.8 Å². The van der Waals surface area contributed by atoms with E-state index in [0.717, 1.165) is 32.6 Å². The van der Waals surface area contributed by atoms with Crippen molar-refractivity contribution >= 4 is 11.6 Å². The van der Waals surface area contributed by atoms with Gasteiger partial charge < -0.3 is 15.5 Å². The number of carbonyl (C=O) groups is 1. The average molecular weight is 277 g/mol. The number of likely N-dealkylation sites (N-methyl/N-ethyl adjacent to an activating group) is 1. The molecule has 6 nitrogen and oxygen atoms in total. The molecule has 1 fully saturated rings. The van der Waals surface area contributed by atoms with E-state index in [4.69, 9.17) is 5.73 Å². The van der Waals surface area contributed by atoms with Gasteiger partial charge >= 0.3 is 0 Å². The lowest BCUT2D eigenvalue weighted by Crippen LogP contribution is -2.35. The molecule has 0 saturated carbocycles. The molecule has 2 rings (SSSR count). The molecule has 1 amide bonds. The highest BCUT2D eigenvalue weighted by Crippen LogP contribution is 2.16. The summed E-state index contributed by atoms with van der Waals surface area (Å²) in [5.41, 5.74) is 6.58. The molecule has 0 atom stereocenters. The van der Waals surface area contributed by atoms with Crippen LogP contribution in [0.4, 0.5) is 5.69 Å². The molecule has 2 N–H and O–H groups in total. The van der Waals surface area contributed by atoms with Gasteiger partial charge in [-0.25, -0.2) is 9.97 Å². The SMILES string of the molecule is CC(C)c1ncc(N)c(C(=O)N2CCCN(C)CC2)n1. The lowest BCUT2D eigenvalue weighted by molar-refractivity contribution is 0.0757. The van der Waals surface area contributed by atoms with Crippen LogP contribution in [0.25, 0.3) is 0 Å². The molecule has 110 valence electrons. The Morgan fingerprint density at radius 1 is 1.30 bits per heavy atom. The third kappa shape index (κ3) is 3.25. The summed E-state index contributed by atoms with van der Waals surface area (Å²) in [6.45, 7) is 7.37. The summed E-state index contributed by atoms with van der Waals surface area (Å²) < 4.78 is 0. The van der Waals surface area contributed by atoms with Gasteiger partial charge in [-0.3, -0.25) is 4.79 Å². The number of carbonyl (C=O) groups excluding carboxylic acids is 1. The molecule has 0 bridgehead atoms. The third-order valence-corrected chi connectivity index (χ3v) is 3.56. The van der Waals surface area contributed by atoms with Crippen molar-refractivity contribution in [3.8, 4) is 0 Å². The number of aromatic nitrogens is 2. The molecule has 1 aliphatic heterocycles. The maximum absolute atomic E-state index is 12.6. The highest BCUT2D eigenvalue weighted by atomic mass is 16.2. The molecule has 0 radical (unpaired) electrons. The van der Waals surface area contributed by atoms with Crippen LogP contribution in [-0.4, -0.2) is 58.9 Å². The second-order valence-electron chi connectivity index (χ2n) is 5.64. The molecule has 6 heteroatoms. The summed E-state index contributed by atoms with van der Waals surface area (Å²) in [6.07, 6.45) is 2.52. The van der Waals surface area contributed by atoms with E-state index in [9.17, 15) is 4.79 Å². The number of rotatable bonds is 2. The largest absolute Gasteiger partial charge is 0.396 e. The van der Waals surface area contributed by atoms with Gasteiger partial charge in [0, 0.05) is 25.6 Å². The molecule has 0 aliphatic carbocycles. The summed E-state index contributed by atoms with van der Waals surface area (Å²) in [5, 5.41) is 0. The molecule has 0 aromatic carbocycles. The van der Waals surface area contributed by atoms with Gasteiger partial charge in [0.1, 0.15) is 5.82 Å². The van der Waals surface area contributed by atoms with E-state index in [0.29, 0.717) is 17.2 Å². The number of nitrogens with two attached hydrogens (primary N) is 1. The molecule has 1 saturated heterocycles. The topological polar surface area (TPSA) is 75.3 Å². The molecule has 0 unspecified atom stereocenters. The Morgan fingerprint density at radius 3 is 2.75 bits per heavy atom. The van der Waals surface area contributed by atoms with Crippen LogP contribution in [0, 0.1) is 0 Å². The van der Waals surface area contributed by atoms with Gasteiger partial charge in [0.25, 0.3) is 5.91 Å². The van der Waals surface area contributed by atoms with Gasteiger partial charge in [-0.15, -0.1) is 0 Å². The zero-order chi connectivity index (χ0) is 14.7. The fourth-order valence-electron chi connectivity index (χ4n) is 2.25. The molecule has 1 aromatic heterocycles. The molecule has 1 aromatic rings. The smallest absolute Gasteiger partial charge is 0.274 e. The van der Waals surface area contributed by atoms with E-state index < -0.39 is 0 Å². The quantitative estimate of drug-likeness (QED) is 0.871. The normalized spacial score (nSPS) is 17.3. The summed E-state index contributed by atoms with van der Waals surface area (Å²) >= 11 is 0. The number of amides is 1. The second kappa shape index (κ2) is 6.17.